The lowest BCUT2D eigenvalue weighted by molar-refractivity contribution is -0.106. The Morgan fingerprint density at radius 2 is 2.17 bits per heavy atom. The molecule has 0 radical (unpaired) electrons. The summed E-state index contributed by atoms with van der Waals surface area (Å²) in [6.07, 6.45) is 2.49. The van der Waals surface area contributed by atoms with Crippen molar-refractivity contribution < 1.29 is 17.9 Å². The van der Waals surface area contributed by atoms with Crippen LogP contribution in [0.15, 0.2) is 23.1 Å². The average molecular weight is 292 g/mol. The summed E-state index contributed by atoms with van der Waals surface area (Å²) in [7, 11) is -3.85. The molecule has 1 fully saturated rings. The van der Waals surface area contributed by atoms with Crippen molar-refractivity contribution in [1.82, 2.24) is 0 Å². The summed E-state index contributed by atoms with van der Waals surface area (Å²) in [5, 5.41) is 5.14. The molecule has 1 aliphatic rings. The molecule has 1 unspecified atom stereocenters. The van der Waals surface area contributed by atoms with Crippen LogP contribution in [0.25, 0.3) is 0 Å². The first kappa shape index (κ1) is 13.6. The molecule has 2 N–H and O–H groups in total. The van der Waals surface area contributed by atoms with Gasteiger partial charge in [-0.15, -0.1) is 0 Å². The number of rotatable bonds is 3. The van der Waals surface area contributed by atoms with Crippen molar-refractivity contribution in [2.75, 3.05) is 6.61 Å². The maximum atomic E-state index is 11.3. The zero-order valence-electron chi connectivity index (χ0n) is 9.63. The molecule has 1 aromatic rings. The molecule has 0 aromatic heterocycles. The Hall–Kier alpha value is -0.820. The van der Waals surface area contributed by atoms with Gasteiger partial charge in [0, 0.05) is 12.5 Å². The summed E-state index contributed by atoms with van der Waals surface area (Å²) in [5.74, 6) is 0.385. The maximum absolute atomic E-state index is 11.3. The summed E-state index contributed by atoms with van der Waals surface area (Å²) in [6.45, 7) is 0.653. The minimum atomic E-state index is -3.85. The fourth-order valence-corrected chi connectivity index (χ4v) is 2.79. The van der Waals surface area contributed by atoms with E-state index in [9.17, 15) is 8.42 Å². The van der Waals surface area contributed by atoms with Crippen molar-refractivity contribution in [1.29, 1.82) is 0 Å². The van der Waals surface area contributed by atoms with Gasteiger partial charge in [-0.1, -0.05) is 11.6 Å². The van der Waals surface area contributed by atoms with Gasteiger partial charge in [0.25, 0.3) is 0 Å². The second-order valence-corrected chi connectivity index (χ2v) is 5.99. The van der Waals surface area contributed by atoms with E-state index in [0.29, 0.717) is 12.4 Å². The molecule has 0 spiro atoms. The van der Waals surface area contributed by atoms with Crippen LogP contribution in [0, 0.1) is 0 Å². The van der Waals surface area contributed by atoms with Gasteiger partial charge in [-0.05, 0) is 25.0 Å². The molecule has 5 nitrogen and oxygen atoms in total. The van der Waals surface area contributed by atoms with Crippen molar-refractivity contribution in [3.63, 3.8) is 0 Å². The number of nitrogens with two attached hydrogens (primary N) is 1. The number of primary sulfonamides is 1. The summed E-state index contributed by atoms with van der Waals surface area (Å²) in [4.78, 5) is -0.141. The highest BCUT2D eigenvalue weighted by Crippen LogP contribution is 2.27. The van der Waals surface area contributed by atoms with Gasteiger partial charge in [0.05, 0.1) is 11.6 Å². The molecule has 1 aliphatic heterocycles. The first-order valence-corrected chi connectivity index (χ1v) is 7.50. The van der Waals surface area contributed by atoms with Crippen molar-refractivity contribution in [3.05, 3.63) is 23.2 Å². The second kappa shape index (κ2) is 5.44. The summed E-state index contributed by atoms with van der Waals surface area (Å²) >= 11 is 5.78. The Morgan fingerprint density at radius 3 is 2.78 bits per heavy atom. The Bertz CT molecular complexity index is 526. The van der Waals surface area contributed by atoms with Gasteiger partial charge in [-0.3, -0.25) is 0 Å². The molecular formula is C11H14ClNO4S. The molecule has 100 valence electrons. The Labute approximate surface area is 111 Å². The van der Waals surface area contributed by atoms with Crippen molar-refractivity contribution >= 4 is 21.6 Å². The molecule has 1 aromatic carbocycles. The molecule has 0 aliphatic carbocycles. The second-order valence-electron chi connectivity index (χ2n) is 4.05. The molecule has 0 saturated carbocycles. The lowest BCUT2D eigenvalue weighted by Gasteiger charge is -2.23. The third kappa shape index (κ3) is 3.35. The lowest BCUT2D eigenvalue weighted by atomic mass is 10.2. The van der Waals surface area contributed by atoms with Gasteiger partial charge in [-0.25, -0.2) is 13.6 Å². The SMILES string of the molecule is NS(=O)(=O)c1cc(OC2CCCCO2)ccc1Cl. The van der Waals surface area contributed by atoms with Crippen LogP contribution >= 0.6 is 11.6 Å². The molecule has 7 heteroatoms. The fourth-order valence-electron chi connectivity index (χ4n) is 1.73. The standard InChI is InChI=1S/C11H14ClNO4S/c12-9-5-4-8(7-10(9)18(13,14)15)17-11-3-1-2-6-16-11/h4-5,7,11H,1-3,6H2,(H2,13,14,15). The normalized spacial score (nSPS) is 20.7. The maximum Gasteiger partial charge on any atom is 0.239 e. The number of hydrogen-bond acceptors (Lipinski definition) is 4. The molecule has 0 bridgehead atoms. The van der Waals surface area contributed by atoms with Crippen LogP contribution in [0.5, 0.6) is 5.75 Å². The number of hydrogen-bond donors (Lipinski definition) is 1. The summed E-state index contributed by atoms with van der Waals surface area (Å²) in [6, 6.07) is 4.35. The third-order valence-electron chi connectivity index (χ3n) is 2.61. The number of benzene rings is 1. The van der Waals surface area contributed by atoms with Crippen LogP contribution in [0.3, 0.4) is 0 Å². The lowest BCUT2D eigenvalue weighted by Crippen LogP contribution is -2.25. The Kier molecular flexibility index (Phi) is 4.11. The van der Waals surface area contributed by atoms with E-state index >= 15 is 0 Å². The third-order valence-corrected chi connectivity index (χ3v) is 4.01. The monoisotopic (exact) mass is 291 g/mol. The quantitative estimate of drug-likeness (QED) is 0.922. The Morgan fingerprint density at radius 1 is 1.39 bits per heavy atom. The summed E-state index contributed by atoms with van der Waals surface area (Å²) < 4.78 is 33.6. The topological polar surface area (TPSA) is 78.6 Å². The minimum absolute atomic E-state index is 0.0782. The highest BCUT2D eigenvalue weighted by atomic mass is 35.5. The van der Waals surface area contributed by atoms with Crippen LogP contribution in [-0.2, 0) is 14.8 Å². The van der Waals surface area contributed by atoms with Gasteiger partial charge < -0.3 is 9.47 Å². The highest BCUT2D eigenvalue weighted by molar-refractivity contribution is 7.89. The van der Waals surface area contributed by atoms with Crippen LogP contribution in [0.2, 0.25) is 5.02 Å². The largest absolute Gasteiger partial charge is 0.465 e. The van der Waals surface area contributed by atoms with E-state index in [-0.39, 0.29) is 16.2 Å². The molecule has 1 heterocycles. The molecular weight excluding hydrogens is 278 g/mol. The van der Waals surface area contributed by atoms with E-state index < -0.39 is 10.0 Å². The number of halogens is 1. The van der Waals surface area contributed by atoms with Gasteiger partial charge >= 0.3 is 0 Å². The minimum Gasteiger partial charge on any atom is -0.465 e. The average Bonchev–Trinajstić information content (AvgIpc) is 2.31. The van der Waals surface area contributed by atoms with E-state index in [0.717, 1.165) is 19.3 Å². The van der Waals surface area contributed by atoms with E-state index in [4.69, 9.17) is 26.2 Å². The zero-order chi connectivity index (χ0) is 13.2. The predicted molar refractivity (Wildman–Crippen MR) is 67.0 cm³/mol. The first-order valence-electron chi connectivity index (χ1n) is 5.57. The highest BCUT2D eigenvalue weighted by Gasteiger charge is 2.18. The van der Waals surface area contributed by atoms with Crippen LogP contribution in [0.1, 0.15) is 19.3 Å². The fraction of sp³-hybridized carbons (Fsp3) is 0.455. The molecule has 18 heavy (non-hydrogen) atoms. The number of ether oxygens (including phenoxy) is 2. The van der Waals surface area contributed by atoms with E-state index in [1.54, 1.807) is 6.07 Å². The summed E-state index contributed by atoms with van der Waals surface area (Å²) in [5.41, 5.74) is 0. The molecule has 0 amide bonds. The van der Waals surface area contributed by atoms with Crippen molar-refractivity contribution in [3.8, 4) is 5.75 Å². The predicted octanol–water partition coefficient (Wildman–Crippen LogP) is 1.89. The van der Waals surface area contributed by atoms with Crippen molar-refractivity contribution in [2.45, 2.75) is 30.4 Å². The smallest absolute Gasteiger partial charge is 0.239 e. The van der Waals surface area contributed by atoms with E-state index in [1.165, 1.54) is 12.1 Å². The van der Waals surface area contributed by atoms with Crippen molar-refractivity contribution in [2.24, 2.45) is 5.14 Å². The van der Waals surface area contributed by atoms with Gasteiger partial charge in [0.15, 0.2) is 6.29 Å². The van der Waals surface area contributed by atoms with Gasteiger partial charge in [0.1, 0.15) is 10.6 Å². The molecule has 1 atom stereocenters. The number of sulfonamides is 1. The van der Waals surface area contributed by atoms with Gasteiger partial charge in [-0.2, -0.15) is 0 Å². The molecule has 1 saturated heterocycles. The van der Waals surface area contributed by atoms with E-state index in [2.05, 4.69) is 0 Å². The van der Waals surface area contributed by atoms with E-state index in [1.807, 2.05) is 0 Å². The van der Waals surface area contributed by atoms with Gasteiger partial charge in [0.2, 0.25) is 10.0 Å². The zero-order valence-corrected chi connectivity index (χ0v) is 11.2. The molecule has 2 rings (SSSR count). The van der Waals surface area contributed by atoms with Crippen LogP contribution in [0.4, 0.5) is 0 Å². The Balaban J connectivity index is 2.19. The van der Waals surface area contributed by atoms with Crippen LogP contribution < -0.4 is 9.88 Å². The van der Waals surface area contributed by atoms with Crippen LogP contribution in [-0.4, -0.2) is 21.3 Å². The first-order chi connectivity index (χ1) is 8.47.